The number of hydrogen-bond acceptors (Lipinski definition) is 6. The lowest BCUT2D eigenvalue weighted by Crippen LogP contribution is -2.36. The van der Waals surface area contributed by atoms with Gasteiger partial charge < -0.3 is 9.47 Å². The van der Waals surface area contributed by atoms with Crippen molar-refractivity contribution in [2.75, 3.05) is 24.8 Å². The molecule has 0 N–H and O–H groups in total. The molecule has 1 aromatic heterocycles. The fourth-order valence-electron chi connectivity index (χ4n) is 2.49. The van der Waals surface area contributed by atoms with Gasteiger partial charge >= 0.3 is 0 Å². The molecule has 1 heterocycles. The number of carbonyl (C=O) groups is 1. The predicted octanol–water partition coefficient (Wildman–Crippen LogP) is 2.32. The highest BCUT2D eigenvalue weighted by Crippen LogP contribution is 2.31. The maximum Gasteiger partial charge on any atom is 0.272 e. The van der Waals surface area contributed by atoms with E-state index < -0.39 is 15.9 Å². The third kappa shape index (κ3) is 4.08. The van der Waals surface area contributed by atoms with Gasteiger partial charge in [0.15, 0.2) is 0 Å². The van der Waals surface area contributed by atoms with Crippen LogP contribution < -0.4 is 13.8 Å². The minimum Gasteiger partial charge on any atom is -0.481 e. The second-order valence-electron chi connectivity index (χ2n) is 5.59. The lowest BCUT2D eigenvalue weighted by molar-refractivity contribution is 0.100. The average molecular weight is 364 g/mol. The number of benzene rings is 1. The van der Waals surface area contributed by atoms with Crippen LogP contribution in [0.3, 0.4) is 0 Å². The van der Waals surface area contributed by atoms with Crippen LogP contribution in [0.15, 0.2) is 30.3 Å². The molecule has 0 saturated carbocycles. The molecule has 0 bridgehead atoms. The third-order valence-corrected chi connectivity index (χ3v) is 4.45. The van der Waals surface area contributed by atoms with Gasteiger partial charge in [-0.15, -0.1) is 0 Å². The number of anilines is 1. The normalized spacial score (nSPS) is 11.1. The molecule has 0 fully saturated rings. The highest BCUT2D eigenvalue weighted by Gasteiger charge is 2.30. The summed E-state index contributed by atoms with van der Waals surface area (Å²) in [7, 11) is -1.15. The van der Waals surface area contributed by atoms with Crippen LogP contribution >= 0.6 is 0 Å². The number of hydrogen-bond donors (Lipinski definition) is 0. The Morgan fingerprint density at radius 1 is 1.04 bits per heavy atom. The first-order valence-corrected chi connectivity index (χ1v) is 9.24. The van der Waals surface area contributed by atoms with E-state index in [1.165, 1.54) is 26.4 Å². The van der Waals surface area contributed by atoms with Gasteiger partial charge in [-0.1, -0.05) is 17.2 Å². The Morgan fingerprint density at radius 3 is 2.12 bits per heavy atom. The predicted molar refractivity (Wildman–Crippen MR) is 94.9 cm³/mol. The Bertz CT molecular complexity index is 889. The van der Waals surface area contributed by atoms with E-state index in [1.807, 2.05) is 19.9 Å². The second-order valence-corrected chi connectivity index (χ2v) is 7.42. The fourth-order valence-corrected chi connectivity index (χ4v) is 3.39. The van der Waals surface area contributed by atoms with Crippen molar-refractivity contribution < 1.29 is 22.7 Å². The maximum atomic E-state index is 13.0. The summed E-state index contributed by atoms with van der Waals surface area (Å²) < 4.78 is 35.5. The van der Waals surface area contributed by atoms with Crippen molar-refractivity contribution in [3.63, 3.8) is 0 Å². The summed E-state index contributed by atoms with van der Waals surface area (Å²) >= 11 is 0. The van der Waals surface area contributed by atoms with Gasteiger partial charge in [-0.25, -0.2) is 8.42 Å². The van der Waals surface area contributed by atoms with Crippen LogP contribution in [0.25, 0.3) is 0 Å². The smallest absolute Gasteiger partial charge is 0.272 e. The van der Waals surface area contributed by atoms with Crippen LogP contribution in [0.2, 0.25) is 0 Å². The number of carbonyl (C=O) groups excluding carboxylic acids is 1. The second kappa shape index (κ2) is 7.10. The van der Waals surface area contributed by atoms with Crippen molar-refractivity contribution >= 4 is 21.6 Å². The van der Waals surface area contributed by atoms with Gasteiger partial charge in [0, 0.05) is 11.6 Å². The van der Waals surface area contributed by atoms with E-state index >= 15 is 0 Å². The molecule has 7 nitrogen and oxygen atoms in total. The number of ether oxygens (including phenoxy) is 2. The van der Waals surface area contributed by atoms with Gasteiger partial charge in [-0.05, 0) is 32.0 Å². The zero-order chi connectivity index (χ0) is 18.8. The molecule has 1 amide bonds. The van der Waals surface area contributed by atoms with Gasteiger partial charge in [-0.3, -0.25) is 4.79 Å². The topological polar surface area (TPSA) is 85.8 Å². The molecule has 0 saturated heterocycles. The Kier molecular flexibility index (Phi) is 5.32. The van der Waals surface area contributed by atoms with E-state index in [9.17, 15) is 13.2 Å². The van der Waals surface area contributed by atoms with E-state index in [1.54, 1.807) is 12.1 Å². The molecule has 0 unspecified atom stereocenters. The zero-order valence-electron chi connectivity index (χ0n) is 14.7. The van der Waals surface area contributed by atoms with Crippen molar-refractivity contribution in [2.45, 2.75) is 13.8 Å². The van der Waals surface area contributed by atoms with Gasteiger partial charge in [0.25, 0.3) is 5.91 Å². The van der Waals surface area contributed by atoms with Crippen LogP contribution in [0.1, 0.15) is 21.5 Å². The van der Waals surface area contributed by atoms with Crippen molar-refractivity contribution in [2.24, 2.45) is 0 Å². The fraction of sp³-hybridized carbons (Fsp3) is 0.294. The molecule has 0 aliphatic rings. The van der Waals surface area contributed by atoms with Gasteiger partial charge in [0.1, 0.15) is 5.69 Å². The number of rotatable bonds is 5. The number of nitrogens with zero attached hydrogens (tertiary/aromatic N) is 2. The molecule has 2 aromatic rings. The summed E-state index contributed by atoms with van der Waals surface area (Å²) in [5.41, 5.74) is 2.00. The summed E-state index contributed by atoms with van der Waals surface area (Å²) in [4.78, 5) is 17.0. The average Bonchev–Trinajstić information content (AvgIpc) is 2.53. The molecule has 8 heteroatoms. The Balaban J connectivity index is 2.64. The number of aryl methyl sites for hydroxylation is 2. The highest BCUT2D eigenvalue weighted by molar-refractivity contribution is 7.92. The van der Waals surface area contributed by atoms with E-state index in [-0.39, 0.29) is 23.0 Å². The number of sulfonamides is 1. The molecular weight excluding hydrogens is 344 g/mol. The van der Waals surface area contributed by atoms with E-state index in [0.717, 1.165) is 17.4 Å². The van der Waals surface area contributed by atoms with Crippen LogP contribution in [0.4, 0.5) is 5.69 Å². The quantitative estimate of drug-likeness (QED) is 0.809. The maximum absolute atomic E-state index is 13.0. The SMILES string of the molecule is COc1ccc(N(C(=O)c2cc(C)cc(C)c2)S(C)(=O)=O)c(OC)n1. The van der Waals surface area contributed by atoms with Crippen molar-refractivity contribution in [3.8, 4) is 11.8 Å². The zero-order valence-corrected chi connectivity index (χ0v) is 15.5. The molecular formula is C17H20N2O5S. The van der Waals surface area contributed by atoms with Gasteiger partial charge in [-0.2, -0.15) is 9.29 Å². The minimum atomic E-state index is -3.92. The summed E-state index contributed by atoms with van der Waals surface area (Å²) in [5, 5.41) is 0. The number of amides is 1. The monoisotopic (exact) mass is 364 g/mol. The number of pyridine rings is 1. The molecule has 134 valence electrons. The molecule has 25 heavy (non-hydrogen) atoms. The van der Waals surface area contributed by atoms with Crippen molar-refractivity contribution in [1.29, 1.82) is 0 Å². The summed E-state index contributed by atoms with van der Waals surface area (Å²) in [6, 6.07) is 8.06. The lowest BCUT2D eigenvalue weighted by atomic mass is 10.1. The van der Waals surface area contributed by atoms with Gasteiger partial charge in [0.2, 0.25) is 21.8 Å². The number of aromatic nitrogens is 1. The first kappa shape index (κ1) is 18.7. The summed E-state index contributed by atoms with van der Waals surface area (Å²) in [6.07, 6.45) is 0.956. The van der Waals surface area contributed by atoms with Crippen LogP contribution in [0.5, 0.6) is 11.8 Å². The lowest BCUT2D eigenvalue weighted by Gasteiger charge is -2.22. The Morgan fingerprint density at radius 2 is 1.64 bits per heavy atom. The summed E-state index contributed by atoms with van der Waals surface area (Å²) in [5.74, 6) is -0.463. The first-order valence-electron chi connectivity index (χ1n) is 7.39. The van der Waals surface area contributed by atoms with E-state index in [4.69, 9.17) is 9.47 Å². The largest absolute Gasteiger partial charge is 0.481 e. The molecule has 0 aliphatic heterocycles. The summed E-state index contributed by atoms with van der Waals surface area (Å²) in [6.45, 7) is 3.67. The van der Waals surface area contributed by atoms with Crippen LogP contribution in [-0.2, 0) is 10.0 Å². The van der Waals surface area contributed by atoms with E-state index in [0.29, 0.717) is 4.31 Å². The number of methoxy groups -OCH3 is 2. The minimum absolute atomic E-state index is 0.0231. The standard InChI is InChI=1S/C17H20N2O5S/c1-11-8-12(2)10-13(9-11)17(20)19(25(5,21)22)14-6-7-15(23-3)18-16(14)24-4/h6-10H,1-5H3. The molecule has 0 atom stereocenters. The van der Waals surface area contributed by atoms with Crippen molar-refractivity contribution in [3.05, 3.63) is 47.0 Å². The van der Waals surface area contributed by atoms with Gasteiger partial charge in [0.05, 0.1) is 20.5 Å². The Hall–Kier alpha value is -2.61. The third-order valence-electron chi connectivity index (χ3n) is 3.42. The Labute approximate surface area is 147 Å². The molecule has 1 aromatic carbocycles. The molecule has 0 radical (unpaired) electrons. The van der Waals surface area contributed by atoms with Crippen molar-refractivity contribution in [1.82, 2.24) is 4.98 Å². The first-order chi connectivity index (χ1) is 11.7. The molecule has 2 rings (SSSR count). The van der Waals surface area contributed by atoms with Crippen LogP contribution in [0, 0.1) is 13.8 Å². The molecule has 0 spiro atoms. The van der Waals surface area contributed by atoms with Crippen LogP contribution in [-0.4, -0.2) is 39.8 Å². The molecule has 0 aliphatic carbocycles. The highest BCUT2D eigenvalue weighted by atomic mass is 32.2. The van der Waals surface area contributed by atoms with E-state index in [2.05, 4.69) is 4.98 Å².